The second-order valence-electron chi connectivity index (χ2n) is 2.94. The fraction of sp³-hybridized carbons (Fsp3) is 0.364. The van der Waals surface area contributed by atoms with Crippen LogP contribution in [0.1, 0.15) is 25.8 Å². The molecule has 0 unspecified atom stereocenters. The minimum absolute atomic E-state index is 0.554. The molecule has 1 aromatic carbocycles. The van der Waals surface area contributed by atoms with Crippen molar-refractivity contribution < 1.29 is 4.84 Å². The summed E-state index contributed by atoms with van der Waals surface area (Å²) in [5.74, 6) is 0. The van der Waals surface area contributed by atoms with E-state index >= 15 is 0 Å². The van der Waals surface area contributed by atoms with Gasteiger partial charge >= 0.3 is 0 Å². The molecule has 0 amide bonds. The maximum atomic E-state index is 5.16. The highest BCUT2D eigenvalue weighted by Crippen LogP contribution is 2.00. The van der Waals surface area contributed by atoms with Crippen LogP contribution in [0, 0.1) is 0 Å². The third-order valence-electron chi connectivity index (χ3n) is 1.81. The molecule has 0 atom stereocenters. The van der Waals surface area contributed by atoms with Crippen LogP contribution in [-0.4, -0.2) is 5.71 Å². The number of rotatable bonds is 4. The van der Waals surface area contributed by atoms with Gasteiger partial charge in [-0.15, -0.1) is 0 Å². The molecule has 0 aromatic heterocycles. The minimum Gasteiger partial charge on any atom is -0.391 e. The van der Waals surface area contributed by atoms with E-state index in [4.69, 9.17) is 4.84 Å². The van der Waals surface area contributed by atoms with Crippen LogP contribution < -0.4 is 0 Å². The van der Waals surface area contributed by atoms with Gasteiger partial charge in [0.25, 0.3) is 0 Å². The first-order valence-electron chi connectivity index (χ1n) is 4.52. The van der Waals surface area contributed by atoms with Gasteiger partial charge in [-0.1, -0.05) is 42.4 Å². The molecular weight excluding hydrogens is 162 g/mol. The van der Waals surface area contributed by atoms with Gasteiger partial charge in [0.1, 0.15) is 6.61 Å². The maximum absolute atomic E-state index is 5.16. The molecule has 2 nitrogen and oxygen atoms in total. The summed E-state index contributed by atoms with van der Waals surface area (Å²) in [6.45, 7) is 4.58. The summed E-state index contributed by atoms with van der Waals surface area (Å²) in [5, 5.41) is 3.95. The smallest absolute Gasteiger partial charge is 0.142 e. The van der Waals surface area contributed by atoms with Gasteiger partial charge in [-0.3, -0.25) is 0 Å². The summed E-state index contributed by atoms with van der Waals surface area (Å²) >= 11 is 0. The third kappa shape index (κ3) is 3.74. The van der Waals surface area contributed by atoms with Gasteiger partial charge in [-0.05, 0) is 18.9 Å². The van der Waals surface area contributed by atoms with Crippen LogP contribution in [0.2, 0.25) is 0 Å². The first-order valence-corrected chi connectivity index (χ1v) is 4.52. The SMILES string of the molecule is CCC(C)=NOCc1ccccc1. The van der Waals surface area contributed by atoms with Crippen molar-refractivity contribution in [1.29, 1.82) is 0 Å². The zero-order valence-corrected chi connectivity index (χ0v) is 8.16. The van der Waals surface area contributed by atoms with Gasteiger partial charge in [0.05, 0.1) is 5.71 Å². The Morgan fingerprint density at radius 1 is 1.31 bits per heavy atom. The van der Waals surface area contributed by atoms with Gasteiger partial charge in [-0.25, -0.2) is 0 Å². The van der Waals surface area contributed by atoms with Gasteiger partial charge in [0.15, 0.2) is 0 Å². The van der Waals surface area contributed by atoms with Crippen LogP contribution in [0.15, 0.2) is 35.5 Å². The molecule has 0 bridgehead atoms. The molecular formula is C11H15NO. The van der Waals surface area contributed by atoms with Gasteiger partial charge < -0.3 is 4.84 Å². The fourth-order valence-corrected chi connectivity index (χ4v) is 0.856. The lowest BCUT2D eigenvalue weighted by Gasteiger charge is -2.00. The Kier molecular flexibility index (Phi) is 4.03. The average molecular weight is 177 g/mol. The molecule has 13 heavy (non-hydrogen) atoms. The standard InChI is InChI=1S/C11H15NO/c1-3-10(2)12-13-9-11-7-5-4-6-8-11/h4-8H,3,9H2,1-2H3. The molecule has 0 saturated heterocycles. The molecule has 2 heteroatoms. The van der Waals surface area contributed by atoms with E-state index in [2.05, 4.69) is 12.1 Å². The van der Waals surface area contributed by atoms with Crippen molar-refractivity contribution in [1.82, 2.24) is 0 Å². The second-order valence-corrected chi connectivity index (χ2v) is 2.94. The lowest BCUT2D eigenvalue weighted by atomic mass is 10.2. The second kappa shape index (κ2) is 5.36. The molecule has 70 valence electrons. The minimum atomic E-state index is 0.554. The third-order valence-corrected chi connectivity index (χ3v) is 1.81. The Hall–Kier alpha value is -1.31. The molecule has 0 fully saturated rings. The van der Waals surface area contributed by atoms with Crippen molar-refractivity contribution in [3.63, 3.8) is 0 Å². The van der Waals surface area contributed by atoms with Crippen LogP contribution in [0.3, 0.4) is 0 Å². The highest BCUT2D eigenvalue weighted by molar-refractivity contribution is 5.80. The van der Waals surface area contributed by atoms with E-state index in [0.717, 1.165) is 17.7 Å². The Bertz CT molecular complexity index is 267. The van der Waals surface area contributed by atoms with Gasteiger partial charge in [0, 0.05) is 0 Å². The Labute approximate surface area is 79.2 Å². The molecule has 0 spiro atoms. The van der Waals surface area contributed by atoms with Crippen molar-refractivity contribution in [3.8, 4) is 0 Å². The van der Waals surface area contributed by atoms with E-state index < -0.39 is 0 Å². The van der Waals surface area contributed by atoms with Crippen LogP contribution in [-0.2, 0) is 11.4 Å². The van der Waals surface area contributed by atoms with Crippen molar-refractivity contribution in [2.24, 2.45) is 5.16 Å². The van der Waals surface area contributed by atoms with Crippen molar-refractivity contribution in [2.75, 3.05) is 0 Å². The summed E-state index contributed by atoms with van der Waals surface area (Å²) in [6, 6.07) is 10.0. The normalized spacial score (nSPS) is 11.4. The molecule has 1 rings (SSSR count). The maximum Gasteiger partial charge on any atom is 0.142 e. The molecule has 0 radical (unpaired) electrons. The van der Waals surface area contributed by atoms with Crippen molar-refractivity contribution in [3.05, 3.63) is 35.9 Å². The number of hydrogen-bond acceptors (Lipinski definition) is 2. The van der Waals surface area contributed by atoms with Crippen molar-refractivity contribution >= 4 is 5.71 Å². The fourth-order valence-electron chi connectivity index (χ4n) is 0.856. The van der Waals surface area contributed by atoms with Gasteiger partial charge in [-0.2, -0.15) is 0 Å². The van der Waals surface area contributed by atoms with E-state index in [-0.39, 0.29) is 0 Å². The van der Waals surface area contributed by atoms with Crippen LogP contribution in [0.5, 0.6) is 0 Å². The Morgan fingerprint density at radius 2 is 2.00 bits per heavy atom. The highest BCUT2D eigenvalue weighted by Gasteiger charge is 1.90. The zero-order chi connectivity index (χ0) is 9.52. The number of benzene rings is 1. The summed E-state index contributed by atoms with van der Waals surface area (Å²) < 4.78 is 0. The largest absolute Gasteiger partial charge is 0.391 e. The quantitative estimate of drug-likeness (QED) is 0.511. The number of oxime groups is 1. The average Bonchev–Trinajstić information content (AvgIpc) is 2.19. The van der Waals surface area contributed by atoms with E-state index in [9.17, 15) is 0 Å². The van der Waals surface area contributed by atoms with Crippen LogP contribution in [0.25, 0.3) is 0 Å². The van der Waals surface area contributed by atoms with Crippen LogP contribution in [0.4, 0.5) is 0 Å². The lowest BCUT2D eigenvalue weighted by Crippen LogP contribution is -1.91. The van der Waals surface area contributed by atoms with Crippen LogP contribution >= 0.6 is 0 Å². The van der Waals surface area contributed by atoms with E-state index in [0.29, 0.717) is 6.61 Å². The molecule has 0 saturated carbocycles. The predicted molar refractivity (Wildman–Crippen MR) is 54.6 cm³/mol. The summed E-state index contributed by atoms with van der Waals surface area (Å²) in [4.78, 5) is 5.16. The number of hydrogen-bond donors (Lipinski definition) is 0. The van der Waals surface area contributed by atoms with E-state index in [1.807, 2.05) is 37.3 Å². The first kappa shape index (κ1) is 9.78. The summed E-state index contributed by atoms with van der Waals surface area (Å²) in [5.41, 5.74) is 2.17. The van der Waals surface area contributed by atoms with E-state index in [1.165, 1.54) is 0 Å². The lowest BCUT2D eigenvalue weighted by molar-refractivity contribution is 0.130. The highest BCUT2D eigenvalue weighted by atomic mass is 16.6. The number of nitrogens with zero attached hydrogens (tertiary/aromatic N) is 1. The van der Waals surface area contributed by atoms with E-state index in [1.54, 1.807) is 0 Å². The molecule has 0 aliphatic carbocycles. The Balaban J connectivity index is 2.36. The summed E-state index contributed by atoms with van der Waals surface area (Å²) in [6.07, 6.45) is 0.939. The monoisotopic (exact) mass is 177 g/mol. The molecule has 0 N–H and O–H groups in total. The molecule has 0 aliphatic rings. The zero-order valence-electron chi connectivity index (χ0n) is 8.16. The molecule has 0 aliphatic heterocycles. The van der Waals surface area contributed by atoms with Gasteiger partial charge in [0.2, 0.25) is 0 Å². The predicted octanol–water partition coefficient (Wildman–Crippen LogP) is 2.99. The van der Waals surface area contributed by atoms with Crippen molar-refractivity contribution in [2.45, 2.75) is 26.9 Å². The Morgan fingerprint density at radius 3 is 2.62 bits per heavy atom. The molecule has 1 aromatic rings. The first-order chi connectivity index (χ1) is 6.33. The summed E-state index contributed by atoms with van der Waals surface area (Å²) in [7, 11) is 0. The topological polar surface area (TPSA) is 21.6 Å². The molecule has 0 heterocycles.